The topological polar surface area (TPSA) is 32.7 Å². The number of likely N-dealkylation sites (tertiary alicyclic amines) is 1. The Labute approximate surface area is 114 Å². The summed E-state index contributed by atoms with van der Waals surface area (Å²) in [5.74, 6) is 0.817. The highest BCUT2D eigenvalue weighted by Gasteiger charge is 2.36. The van der Waals surface area contributed by atoms with Gasteiger partial charge in [0.05, 0.1) is 12.5 Å². The van der Waals surface area contributed by atoms with Crippen molar-refractivity contribution >= 4 is 11.7 Å². The summed E-state index contributed by atoms with van der Waals surface area (Å²) in [7, 11) is 0. The van der Waals surface area contributed by atoms with Crippen molar-refractivity contribution in [2.45, 2.75) is 12.3 Å². The van der Waals surface area contributed by atoms with Crippen LogP contribution in [0, 0.1) is 0 Å². The molecule has 0 spiro atoms. The van der Waals surface area contributed by atoms with E-state index in [9.17, 15) is 4.79 Å². The number of amidine groups is 1. The van der Waals surface area contributed by atoms with Gasteiger partial charge in [-0.25, -0.2) is 0 Å². The molecular weight excluding hydrogens is 236 g/mol. The average Bonchev–Trinajstić information content (AvgIpc) is 2.75. The van der Waals surface area contributed by atoms with Gasteiger partial charge in [-0.05, 0) is 5.56 Å². The number of hydrogen-bond donors (Lipinski definition) is 0. The van der Waals surface area contributed by atoms with Crippen LogP contribution in [0.1, 0.15) is 17.9 Å². The molecule has 1 aromatic rings. The lowest BCUT2D eigenvalue weighted by Crippen LogP contribution is -2.30. The van der Waals surface area contributed by atoms with E-state index in [1.54, 1.807) is 17.1 Å². The molecule has 2 rings (SSSR count). The SMILES string of the molecule is C=CCN=C1CC(c2ccccc2)C(=O)N1CC=C. The monoisotopic (exact) mass is 254 g/mol. The summed E-state index contributed by atoms with van der Waals surface area (Å²) in [6.07, 6.45) is 4.12. The fraction of sp³-hybridized carbons (Fsp3) is 0.250. The Morgan fingerprint density at radius 1 is 1.26 bits per heavy atom. The Kier molecular flexibility index (Phi) is 4.29. The first-order valence-electron chi connectivity index (χ1n) is 6.39. The van der Waals surface area contributed by atoms with Crippen molar-refractivity contribution < 1.29 is 4.79 Å². The van der Waals surface area contributed by atoms with Crippen LogP contribution < -0.4 is 0 Å². The van der Waals surface area contributed by atoms with Crippen molar-refractivity contribution in [1.29, 1.82) is 0 Å². The summed E-state index contributed by atoms with van der Waals surface area (Å²) < 4.78 is 0. The van der Waals surface area contributed by atoms with E-state index >= 15 is 0 Å². The van der Waals surface area contributed by atoms with Gasteiger partial charge in [0.2, 0.25) is 5.91 Å². The zero-order chi connectivity index (χ0) is 13.7. The third-order valence-electron chi connectivity index (χ3n) is 3.18. The first-order chi connectivity index (χ1) is 9.27. The molecule has 0 radical (unpaired) electrons. The quantitative estimate of drug-likeness (QED) is 0.744. The van der Waals surface area contributed by atoms with Crippen LogP contribution in [0.4, 0.5) is 0 Å². The lowest BCUT2D eigenvalue weighted by molar-refractivity contribution is -0.126. The predicted molar refractivity (Wildman–Crippen MR) is 78.2 cm³/mol. The number of carbonyl (C=O) groups excluding carboxylic acids is 1. The molecular formula is C16H18N2O. The fourth-order valence-electron chi connectivity index (χ4n) is 2.29. The molecule has 1 fully saturated rings. The molecule has 19 heavy (non-hydrogen) atoms. The van der Waals surface area contributed by atoms with E-state index < -0.39 is 0 Å². The van der Waals surface area contributed by atoms with Crippen molar-refractivity contribution in [2.75, 3.05) is 13.1 Å². The van der Waals surface area contributed by atoms with Gasteiger partial charge in [-0.15, -0.1) is 13.2 Å². The maximum Gasteiger partial charge on any atom is 0.236 e. The van der Waals surface area contributed by atoms with Crippen LogP contribution >= 0.6 is 0 Å². The van der Waals surface area contributed by atoms with Gasteiger partial charge in [0.25, 0.3) is 0 Å². The molecule has 3 heteroatoms. The highest BCUT2D eigenvalue weighted by Crippen LogP contribution is 2.30. The Hall–Kier alpha value is -2.16. The van der Waals surface area contributed by atoms with Gasteiger partial charge < -0.3 is 0 Å². The summed E-state index contributed by atoms with van der Waals surface area (Å²) >= 11 is 0. The molecule has 0 aliphatic carbocycles. The average molecular weight is 254 g/mol. The number of rotatable bonds is 5. The highest BCUT2D eigenvalue weighted by molar-refractivity contribution is 6.08. The minimum Gasteiger partial charge on any atom is -0.296 e. The molecule has 1 unspecified atom stereocenters. The molecule has 1 amide bonds. The van der Waals surface area contributed by atoms with Crippen LogP contribution in [0.5, 0.6) is 0 Å². The molecule has 0 saturated carbocycles. The zero-order valence-corrected chi connectivity index (χ0v) is 11.0. The Balaban J connectivity index is 2.27. The molecule has 1 heterocycles. The van der Waals surface area contributed by atoms with Crippen LogP contribution in [0.15, 0.2) is 60.6 Å². The van der Waals surface area contributed by atoms with E-state index in [1.807, 2.05) is 30.3 Å². The molecule has 1 aromatic carbocycles. The largest absolute Gasteiger partial charge is 0.296 e. The minimum absolute atomic E-state index is 0.105. The molecule has 1 aliphatic rings. The second-order valence-electron chi connectivity index (χ2n) is 4.45. The van der Waals surface area contributed by atoms with Gasteiger partial charge in [-0.1, -0.05) is 42.5 Å². The van der Waals surface area contributed by atoms with Gasteiger partial charge in [0, 0.05) is 13.0 Å². The van der Waals surface area contributed by atoms with Crippen molar-refractivity contribution in [3.05, 3.63) is 61.2 Å². The lowest BCUT2D eigenvalue weighted by atomic mass is 9.98. The normalized spacial score (nSPS) is 20.8. The molecule has 0 bridgehead atoms. The zero-order valence-electron chi connectivity index (χ0n) is 11.0. The Morgan fingerprint density at radius 2 is 2.00 bits per heavy atom. The third-order valence-corrected chi connectivity index (χ3v) is 3.18. The van der Waals surface area contributed by atoms with Gasteiger partial charge in [0.1, 0.15) is 5.84 Å². The van der Waals surface area contributed by atoms with E-state index in [2.05, 4.69) is 18.2 Å². The second-order valence-corrected chi connectivity index (χ2v) is 4.45. The van der Waals surface area contributed by atoms with Crippen molar-refractivity contribution in [3.63, 3.8) is 0 Å². The summed E-state index contributed by atoms with van der Waals surface area (Å²) in [5, 5.41) is 0. The van der Waals surface area contributed by atoms with Crippen LogP contribution in [-0.2, 0) is 4.79 Å². The summed E-state index contributed by atoms with van der Waals surface area (Å²) in [6, 6.07) is 9.85. The smallest absolute Gasteiger partial charge is 0.236 e. The molecule has 0 aromatic heterocycles. The predicted octanol–water partition coefficient (Wildman–Crippen LogP) is 2.77. The van der Waals surface area contributed by atoms with E-state index in [4.69, 9.17) is 0 Å². The molecule has 0 N–H and O–H groups in total. The molecule has 1 atom stereocenters. The van der Waals surface area contributed by atoms with Gasteiger partial charge in [0.15, 0.2) is 0 Å². The molecule has 1 saturated heterocycles. The van der Waals surface area contributed by atoms with Crippen LogP contribution in [0.25, 0.3) is 0 Å². The Bertz CT molecular complexity index is 505. The number of benzene rings is 1. The third kappa shape index (κ3) is 2.81. The van der Waals surface area contributed by atoms with Crippen LogP contribution in [0.2, 0.25) is 0 Å². The molecule has 1 aliphatic heterocycles. The van der Waals surface area contributed by atoms with Gasteiger partial charge in [-0.3, -0.25) is 14.7 Å². The minimum atomic E-state index is -0.121. The maximum absolute atomic E-state index is 12.4. The van der Waals surface area contributed by atoms with Gasteiger partial charge in [-0.2, -0.15) is 0 Å². The first-order valence-corrected chi connectivity index (χ1v) is 6.39. The van der Waals surface area contributed by atoms with Crippen molar-refractivity contribution in [3.8, 4) is 0 Å². The second kappa shape index (κ2) is 6.14. The van der Waals surface area contributed by atoms with Crippen molar-refractivity contribution in [2.24, 2.45) is 4.99 Å². The standard InChI is InChI=1S/C16H18N2O/c1-3-10-17-15-12-14(13-8-6-5-7-9-13)16(19)18(15)11-4-2/h3-9,14H,1-2,10-12H2. The summed E-state index contributed by atoms with van der Waals surface area (Å²) in [4.78, 5) is 18.6. The number of nitrogens with zero attached hydrogens (tertiary/aromatic N) is 2. The Morgan fingerprint density at radius 3 is 2.63 bits per heavy atom. The highest BCUT2D eigenvalue weighted by atomic mass is 16.2. The lowest BCUT2D eigenvalue weighted by Gasteiger charge is -2.15. The van der Waals surface area contributed by atoms with E-state index in [-0.39, 0.29) is 11.8 Å². The first kappa shape index (κ1) is 13.3. The van der Waals surface area contributed by atoms with E-state index in [0.717, 1.165) is 11.4 Å². The van der Waals surface area contributed by atoms with E-state index in [0.29, 0.717) is 19.5 Å². The summed E-state index contributed by atoms with van der Waals surface area (Å²) in [6.45, 7) is 8.41. The number of hydrogen-bond acceptors (Lipinski definition) is 2. The molecule has 3 nitrogen and oxygen atoms in total. The van der Waals surface area contributed by atoms with Crippen LogP contribution in [-0.4, -0.2) is 29.7 Å². The maximum atomic E-state index is 12.4. The van der Waals surface area contributed by atoms with E-state index in [1.165, 1.54) is 0 Å². The number of amides is 1. The van der Waals surface area contributed by atoms with Gasteiger partial charge >= 0.3 is 0 Å². The molecule has 98 valence electrons. The summed E-state index contributed by atoms with van der Waals surface area (Å²) in [5.41, 5.74) is 1.05. The number of aliphatic imine (C=N–C) groups is 1. The van der Waals surface area contributed by atoms with Crippen molar-refractivity contribution in [1.82, 2.24) is 4.90 Å². The fourth-order valence-corrected chi connectivity index (χ4v) is 2.29. The van der Waals surface area contributed by atoms with Crippen LogP contribution in [0.3, 0.4) is 0 Å². The number of carbonyl (C=O) groups is 1.